The zero-order valence-electron chi connectivity index (χ0n) is 10.2. The minimum absolute atomic E-state index is 0.146. The molecule has 2 rings (SSSR count). The fourth-order valence-corrected chi connectivity index (χ4v) is 4.59. The quantitative estimate of drug-likeness (QED) is 0.870. The van der Waals surface area contributed by atoms with Gasteiger partial charge in [0.05, 0.1) is 18.8 Å². The maximum absolute atomic E-state index is 12.2. The van der Waals surface area contributed by atoms with Gasteiger partial charge in [0, 0.05) is 6.61 Å². The molecule has 0 bridgehead atoms. The summed E-state index contributed by atoms with van der Waals surface area (Å²) >= 11 is 1.12. The first-order valence-electron chi connectivity index (χ1n) is 5.75. The fourth-order valence-electron chi connectivity index (χ4n) is 1.97. The van der Waals surface area contributed by atoms with E-state index in [9.17, 15) is 8.42 Å². The van der Waals surface area contributed by atoms with Crippen molar-refractivity contribution >= 4 is 21.4 Å². The maximum Gasteiger partial charge on any atom is 0.250 e. The Labute approximate surface area is 111 Å². The molecular formula is C11H17NO4S2. The minimum atomic E-state index is -3.53. The summed E-state index contributed by atoms with van der Waals surface area (Å²) in [6.07, 6.45) is 1.62. The molecule has 1 saturated heterocycles. The zero-order valence-corrected chi connectivity index (χ0v) is 11.8. The molecule has 2 N–H and O–H groups in total. The molecule has 0 aromatic carbocycles. The number of hydrogen-bond acceptors (Lipinski definition) is 5. The highest BCUT2D eigenvalue weighted by atomic mass is 32.2. The van der Waals surface area contributed by atoms with Crippen LogP contribution in [0.2, 0.25) is 0 Å². The number of hydrogen-bond donors (Lipinski definition) is 2. The number of aliphatic hydroxyl groups is 1. The third-order valence-corrected chi connectivity index (χ3v) is 6.02. The highest BCUT2D eigenvalue weighted by molar-refractivity contribution is 7.91. The average Bonchev–Trinajstić information content (AvgIpc) is 2.77. The molecule has 1 atom stereocenters. The number of nitrogens with one attached hydrogen (secondary N) is 1. The summed E-state index contributed by atoms with van der Waals surface area (Å²) in [4.78, 5) is 0. The Hall–Kier alpha value is -0.470. The highest BCUT2D eigenvalue weighted by Gasteiger charge is 2.33. The van der Waals surface area contributed by atoms with E-state index >= 15 is 0 Å². The predicted octanol–water partition coefficient (Wildman–Crippen LogP) is 1.09. The molecule has 0 saturated carbocycles. The van der Waals surface area contributed by atoms with Gasteiger partial charge >= 0.3 is 0 Å². The van der Waals surface area contributed by atoms with E-state index in [2.05, 4.69) is 4.72 Å². The molecule has 0 spiro atoms. The smallest absolute Gasteiger partial charge is 0.250 e. The lowest BCUT2D eigenvalue weighted by Crippen LogP contribution is -2.51. The van der Waals surface area contributed by atoms with E-state index in [1.165, 1.54) is 6.07 Å². The van der Waals surface area contributed by atoms with Crippen molar-refractivity contribution in [1.82, 2.24) is 4.72 Å². The first kappa shape index (κ1) is 14.0. The van der Waals surface area contributed by atoms with Crippen molar-refractivity contribution < 1.29 is 18.3 Å². The van der Waals surface area contributed by atoms with Gasteiger partial charge in [-0.2, -0.15) is 0 Å². The summed E-state index contributed by atoms with van der Waals surface area (Å²) in [7, 11) is -3.53. The largest absolute Gasteiger partial charge is 0.392 e. The molecule has 5 nitrogen and oxygen atoms in total. The van der Waals surface area contributed by atoms with Gasteiger partial charge in [-0.05, 0) is 36.8 Å². The van der Waals surface area contributed by atoms with Crippen LogP contribution in [0.3, 0.4) is 0 Å². The number of thiophene rings is 1. The lowest BCUT2D eigenvalue weighted by atomic mass is 9.97. The lowest BCUT2D eigenvalue weighted by Gasteiger charge is -2.33. The molecule has 1 aromatic rings. The molecule has 1 aliphatic heterocycles. The van der Waals surface area contributed by atoms with E-state index in [1.54, 1.807) is 5.38 Å². The number of aliphatic hydroxyl groups excluding tert-OH is 1. The fraction of sp³-hybridized carbons (Fsp3) is 0.636. The van der Waals surface area contributed by atoms with Crippen LogP contribution in [0.5, 0.6) is 0 Å². The van der Waals surface area contributed by atoms with Crippen molar-refractivity contribution in [1.29, 1.82) is 0 Å². The van der Waals surface area contributed by atoms with E-state index in [4.69, 9.17) is 9.84 Å². The van der Waals surface area contributed by atoms with Crippen LogP contribution in [0.25, 0.3) is 0 Å². The van der Waals surface area contributed by atoms with Crippen LogP contribution in [-0.2, 0) is 21.4 Å². The second kappa shape index (κ2) is 5.26. The van der Waals surface area contributed by atoms with Gasteiger partial charge in [-0.1, -0.05) is 0 Å². The predicted molar refractivity (Wildman–Crippen MR) is 69.0 cm³/mol. The molecule has 1 aliphatic rings. The van der Waals surface area contributed by atoms with Crippen molar-refractivity contribution in [3.63, 3.8) is 0 Å². The van der Waals surface area contributed by atoms with E-state index in [0.29, 0.717) is 18.8 Å². The highest BCUT2D eigenvalue weighted by Crippen LogP contribution is 2.25. The van der Waals surface area contributed by atoms with Crippen LogP contribution in [0.4, 0.5) is 0 Å². The molecule has 0 amide bonds. The average molecular weight is 291 g/mol. The first-order chi connectivity index (χ1) is 8.45. The number of rotatable bonds is 4. The van der Waals surface area contributed by atoms with E-state index in [0.717, 1.165) is 24.2 Å². The van der Waals surface area contributed by atoms with Gasteiger partial charge in [0.2, 0.25) is 0 Å². The molecule has 7 heteroatoms. The molecule has 18 heavy (non-hydrogen) atoms. The summed E-state index contributed by atoms with van der Waals surface area (Å²) in [5.74, 6) is 0. The molecule has 2 heterocycles. The monoisotopic (exact) mass is 291 g/mol. The summed E-state index contributed by atoms with van der Waals surface area (Å²) in [6.45, 7) is 2.78. The number of ether oxygens (including phenoxy) is 1. The van der Waals surface area contributed by atoms with Crippen LogP contribution < -0.4 is 4.72 Å². The SMILES string of the molecule is CC1(NS(=O)(=O)c2cc(CO)cs2)CCCOC1. The zero-order chi connectivity index (χ0) is 13.2. The summed E-state index contributed by atoms with van der Waals surface area (Å²) in [6, 6.07) is 1.50. The third kappa shape index (κ3) is 3.10. The van der Waals surface area contributed by atoms with Crippen LogP contribution in [0, 0.1) is 0 Å². The van der Waals surface area contributed by atoms with Gasteiger partial charge in [0.25, 0.3) is 10.0 Å². The van der Waals surface area contributed by atoms with Crippen molar-refractivity contribution in [2.45, 2.75) is 36.1 Å². The second-order valence-electron chi connectivity index (χ2n) is 4.75. The maximum atomic E-state index is 12.2. The van der Waals surface area contributed by atoms with Crippen LogP contribution in [-0.4, -0.2) is 32.3 Å². The van der Waals surface area contributed by atoms with Gasteiger partial charge in [-0.25, -0.2) is 13.1 Å². The Balaban J connectivity index is 2.16. The van der Waals surface area contributed by atoms with Gasteiger partial charge in [-0.3, -0.25) is 0 Å². The Morgan fingerprint density at radius 2 is 2.39 bits per heavy atom. The normalized spacial score (nSPS) is 25.2. The van der Waals surface area contributed by atoms with E-state index in [1.807, 2.05) is 6.92 Å². The van der Waals surface area contributed by atoms with Crippen molar-refractivity contribution in [3.05, 3.63) is 17.0 Å². The Bertz CT molecular complexity index is 503. The summed E-state index contributed by atoms with van der Waals surface area (Å²) < 4.78 is 32.7. The van der Waals surface area contributed by atoms with Gasteiger partial charge < -0.3 is 9.84 Å². The second-order valence-corrected chi connectivity index (χ2v) is 7.57. The van der Waals surface area contributed by atoms with Crippen LogP contribution in [0.15, 0.2) is 15.7 Å². The van der Waals surface area contributed by atoms with E-state index in [-0.39, 0.29) is 10.8 Å². The lowest BCUT2D eigenvalue weighted by molar-refractivity contribution is 0.0387. The van der Waals surface area contributed by atoms with Crippen LogP contribution in [0.1, 0.15) is 25.3 Å². The summed E-state index contributed by atoms with van der Waals surface area (Å²) in [5, 5.41) is 10.6. The van der Waals surface area contributed by atoms with Crippen LogP contribution >= 0.6 is 11.3 Å². The standard InChI is InChI=1S/C11H17NO4S2/c1-11(3-2-4-16-8-11)12-18(14,15)10-5-9(6-13)7-17-10/h5,7,12-13H,2-4,6,8H2,1H3. The Kier molecular flexibility index (Phi) is 4.08. The topological polar surface area (TPSA) is 75.6 Å². The van der Waals surface area contributed by atoms with Gasteiger partial charge in [0.15, 0.2) is 0 Å². The molecule has 0 aliphatic carbocycles. The molecular weight excluding hydrogens is 274 g/mol. The Morgan fingerprint density at radius 1 is 1.61 bits per heavy atom. The van der Waals surface area contributed by atoms with Gasteiger partial charge in [0.1, 0.15) is 4.21 Å². The first-order valence-corrected chi connectivity index (χ1v) is 8.11. The summed E-state index contributed by atoms with van der Waals surface area (Å²) in [5.41, 5.74) is 0.0749. The molecule has 0 radical (unpaired) electrons. The molecule has 102 valence electrons. The number of sulfonamides is 1. The minimum Gasteiger partial charge on any atom is -0.392 e. The molecule has 1 unspecified atom stereocenters. The molecule has 1 fully saturated rings. The van der Waals surface area contributed by atoms with Crippen molar-refractivity contribution in [2.24, 2.45) is 0 Å². The van der Waals surface area contributed by atoms with Crippen molar-refractivity contribution in [2.75, 3.05) is 13.2 Å². The third-order valence-electron chi connectivity index (χ3n) is 2.90. The Morgan fingerprint density at radius 3 is 2.94 bits per heavy atom. The van der Waals surface area contributed by atoms with Gasteiger partial charge in [-0.15, -0.1) is 11.3 Å². The van der Waals surface area contributed by atoms with Crippen molar-refractivity contribution in [3.8, 4) is 0 Å². The van der Waals surface area contributed by atoms with E-state index < -0.39 is 15.6 Å². The molecule has 1 aromatic heterocycles.